The average Bonchev–Trinajstić information content (AvgIpc) is 3.07. The number of methoxy groups -OCH3 is 1. The van der Waals surface area contributed by atoms with Gasteiger partial charge in [0.1, 0.15) is 5.75 Å². The first-order valence-corrected chi connectivity index (χ1v) is 8.64. The summed E-state index contributed by atoms with van der Waals surface area (Å²) in [6.07, 6.45) is 1.60. The Bertz CT molecular complexity index is 952. The van der Waals surface area contributed by atoms with Crippen molar-refractivity contribution >= 4 is 16.9 Å². The van der Waals surface area contributed by atoms with Crippen LogP contribution in [0.15, 0.2) is 36.5 Å². The number of para-hydroxylation sites is 1. The average molecular weight is 351 g/mol. The van der Waals surface area contributed by atoms with Crippen LogP contribution in [0.1, 0.15) is 27.7 Å². The van der Waals surface area contributed by atoms with E-state index in [0.29, 0.717) is 24.3 Å². The number of aromatic amines is 1. The second kappa shape index (κ2) is 6.76. The predicted octanol–water partition coefficient (Wildman–Crippen LogP) is 2.06. The third-order valence-electron chi connectivity index (χ3n) is 4.85. The van der Waals surface area contributed by atoms with E-state index in [4.69, 9.17) is 4.74 Å². The van der Waals surface area contributed by atoms with Gasteiger partial charge in [-0.3, -0.25) is 9.89 Å². The number of piperazine rings is 1. The van der Waals surface area contributed by atoms with E-state index in [0.717, 1.165) is 28.9 Å². The minimum atomic E-state index is -0.0893. The van der Waals surface area contributed by atoms with Gasteiger partial charge in [-0.1, -0.05) is 18.2 Å². The van der Waals surface area contributed by atoms with Crippen LogP contribution in [0.4, 0.5) is 0 Å². The summed E-state index contributed by atoms with van der Waals surface area (Å²) in [5, 5.41) is 11.3. The number of hydrogen-bond donors (Lipinski definition) is 2. The zero-order chi connectivity index (χ0) is 18.1. The van der Waals surface area contributed by atoms with E-state index in [1.807, 2.05) is 42.2 Å². The molecular formula is C19H21N5O2. The van der Waals surface area contributed by atoms with Crippen LogP contribution in [0.5, 0.6) is 5.75 Å². The summed E-state index contributed by atoms with van der Waals surface area (Å²) in [7, 11) is 1.65. The summed E-state index contributed by atoms with van der Waals surface area (Å²) < 4.78 is 5.50. The van der Waals surface area contributed by atoms with E-state index in [2.05, 4.69) is 20.5 Å². The highest BCUT2D eigenvalue weighted by Crippen LogP contribution is 2.31. The van der Waals surface area contributed by atoms with E-state index in [1.165, 1.54) is 0 Å². The molecule has 0 bridgehead atoms. The van der Waals surface area contributed by atoms with Gasteiger partial charge in [-0.2, -0.15) is 5.10 Å². The highest BCUT2D eigenvalue weighted by molar-refractivity contribution is 5.97. The Hall–Kier alpha value is -2.93. The van der Waals surface area contributed by atoms with Crippen LogP contribution in [-0.2, 0) is 0 Å². The van der Waals surface area contributed by atoms with Crippen LogP contribution in [0.25, 0.3) is 11.0 Å². The Morgan fingerprint density at radius 3 is 3.04 bits per heavy atom. The topological polar surface area (TPSA) is 83.1 Å². The molecular weight excluding hydrogens is 330 g/mol. The van der Waals surface area contributed by atoms with Gasteiger partial charge in [-0.15, -0.1) is 0 Å². The molecule has 1 atom stereocenters. The molecule has 1 fully saturated rings. The maximum atomic E-state index is 13.2. The number of fused-ring (bicyclic) bond motifs is 1. The number of aromatic nitrogens is 3. The summed E-state index contributed by atoms with van der Waals surface area (Å²) in [5.41, 5.74) is 3.11. The van der Waals surface area contributed by atoms with E-state index in [1.54, 1.807) is 13.3 Å². The van der Waals surface area contributed by atoms with Gasteiger partial charge < -0.3 is 15.0 Å². The van der Waals surface area contributed by atoms with Crippen molar-refractivity contribution in [2.75, 3.05) is 26.7 Å². The van der Waals surface area contributed by atoms with Gasteiger partial charge in [0.25, 0.3) is 5.91 Å². The first kappa shape index (κ1) is 16.5. The fourth-order valence-corrected chi connectivity index (χ4v) is 3.47. The zero-order valence-electron chi connectivity index (χ0n) is 14.8. The maximum absolute atomic E-state index is 13.2. The largest absolute Gasteiger partial charge is 0.496 e. The molecule has 0 radical (unpaired) electrons. The van der Waals surface area contributed by atoms with Crippen molar-refractivity contribution in [2.45, 2.75) is 13.0 Å². The molecule has 26 heavy (non-hydrogen) atoms. The number of nitrogens with one attached hydrogen (secondary N) is 2. The van der Waals surface area contributed by atoms with Crippen LogP contribution in [0, 0.1) is 6.92 Å². The van der Waals surface area contributed by atoms with Gasteiger partial charge in [-0.05, 0) is 19.1 Å². The molecule has 0 aliphatic carbocycles. The Morgan fingerprint density at radius 1 is 1.35 bits per heavy atom. The number of carbonyl (C=O) groups is 1. The number of aryl methyl sites for hydroxylation is 1. The molecule has 2 aromatic heterocycles. The Labute approximate surface area is 151 Å². The number of carbonyl (C=O) groups excluding carboxylic acids is 1. The molecule has 1 aliphatic rings. The van der Waals surface area contributed by atoms with Gasteiger partial charge in [0.15, 0.2) is 5.65 Å². The molecule has 1 aliphatic heterocycles. The first-order valence-electron chi connectivity index (χ1n) is 8.64. The number of H-pyrrole nitrogens is 1. The fraction of sp³-hybridized carbons (Fsp3) is 0.316. The Kier molecular flexibility index (Phi) is 4.30. The maximum Gasteiger partial charge on any atom is 0.256 e. The van der Waals surface area contributed by atoms with E-state index in [-0.39, 0.29) is 11.9 Å². The van der Waals surface area contributed by atoms with E-state index in [9.17, 15) is 4.79 Å². The number of benzene rings is 1. The number of ether oxygens (including phenoxy) is 1. The summed E-state index contributed by atoms with van der Waals surface area (Å²) in [5.74, 6) is 0.760. The van der Waals surface area contributed by atoms with Crippen molar-refractivity contribution < 1.29 is 9.53 Å². The van der Waals surface area contributed by atoms with Crippen molar-refractivity contribution in [3.8, 4) is 5.75 Å². The zero-order valence-corrected chi connectivity index (χ0v) is 14.8. The van der Waals surface area contributed by atoms with Gasteiger partial charge in [-0.25, -0.2) is 4.98 Å². The quantitative estimate of drug-likeness (QED) is 0.755. The summed E-state index contributed by atoms with van der Waals surface area (Å²) >= 11 is 0. The lowest BCUT2D eigenvalue weighted by atomic mass is 10.0. The van der Waals surface area contributed by atoms with Gasteiger partial charge >= 0.3 is 0 Å². The number of nitrogens with zero attached hydrogens (tertiary/aromatic N) is 3. The van der Waals surface area contributed by atoms with Crippen LogP contribution in [-0.4, -0.2) is 52.7 Å². The van der Waals surface area contributed by atoms with Crippen molar-refractivity contribution in [2.24, 2.45) is 0 Å². The molecule has 1 saturated heterocycles. The molecule has 1 unspecified atom stereocenters. The third kappa shape index (κ3) is 2.80. The van der Waals surface area contributed by atoms with Gasteiger partial charge in [0.2, 0.25) is 0 Å². The second-order valence-electron chi connectivity index (χ2n) is 6.40. The summed E-state index contributed by atoms with van der Waals surface area (Å²) in [4.78, 5) is 19.5. The lowest BCUT2D eigenvalue weighted by Gasteiger charge is -2.37. The minimum Gasteiger partial charge on any atom is -0.496 e. The highest BCUT2D eigenvalue weighted by Gasteiger charge is 2.30. The summed E-state index contributed by atoms with van der Waals surface area (Å²) in [6, 6.07) is 9.62. The molecule has 0 saturated carbocycles. The van der Waals surface area contributed by atoms with Crippen molar-refractivity contribution in [1.29, 1.82) is 0 Å². The standard InChI is InChI=1S/C19H21N5O2/c1-12-15-9-13(10-21-18(15)23-22-12)19(25)24-8-7-20-11-16(24)14-5-3-4-6-17(14)26-2/h3-6,9-10,16,20H,7-8,11H2,1-2H3,(H,21,22,23). The van der Waals surface area contributed by atoms with Crippen molar-refractivity contribution in [3.63, 3.8) is 0 Å². The Balaban J connectivity index is 1.70. The molecule has 3 heterocycles. The van der Waals surface area contributed by atoms with Crippen LogP contribution >= 0.6 is 0 Å². The van der Waals surface area contributed by atoms with Gasteiger partial charge in [0.05, 0.1) is 18.7 Å². The molecule has 7 nitrogen and oxygen atoms in total. The third-order valence-corrected chi connectivity index (χ3v) is 4.85. The molecule has 7 heteroatoms. The fourth-order valence-electron chi connectivity index (χ4n) is 3.47. The predicted molar refractivity (Wildman–Crippen MR) is 98.3 cm³/mol. The van der Waals surface area contributed by atoms with Crippen LogP contribution in [0.2, 0.25) is 0 Å². The molecule has 0 spiro atoms. The normalized spacial score (nSPS) is 17.5. The lowest BCUT2D eigenvalue weighted by molar-refractivity contribution is 0.0631. The van der Waals surface area contributed by atoms with Crippen LogP contribution in [0.3, 0.4) is 0 Å². The number of amides is 1. The van der Waals surface area contributed by atoms with E-state index < -0.39 is 0 Å². The SMILES string of the molecule is COc1ccccc1C1CNCCN1C(=O)c1cnc2n[nH]c(C)c2c1. The number of pyridine rings is 1. The summed E-state index contributed by atoms with van der Waals surface area (Å²) in [6.45, 7) is 4.00. The van der Waals surface area contributed by atoms with Crippen molar-refractivity contribution in [1.82, 2.24) is 25.4 Å². The Morgan fingerprint density at radius 2 is 2.19 bits per heavy atom. The van der Waals surface area contributed by atoms with E-state index >= 15 is 0 Å². The smallest absolute Gasteiger partial charge is 0.256 e. The number of hydrogen-bond acceptors (Lipinski definition) is 5. The first-order chi connectivity index (χ1) is 12.7. The molecule has 134 valence electrons. The molecule has 1 aromatic carbocycles. The lowest BCUT2D eigenvalue weighted by Crippen LogP contribution is -2.48. The monoisotopic (exact) mass is 351 g/mol. The molecule has 2 N–H and O–H groups in total. The van der Waals surface area contributed by atoms with Crippen LogP contribution < -0.4 is 10.1 Å². The highest BCUT2D eigenvalue weighted by atomic mass is 16.5. The molecule has 3 aromatic rings. The minimum absolute atomic E-state index is 0.0302. The molecule has 4 rings (SSSR count). The van der Waals surface area contributed by atoms with Gasteiger partial charge in [0, 0.05) is 42.5 Å². The molecule has 1 amide bonds. The number of rotatable bonds is 3. The van der Waals surface area contributed by atoms with Crippen molar-refractivity contribution in [3.05, 3.63) is 53.3 Å². The second-order valence-corrected chi connectivity index (χ2v) is 6.40.